The van der Waals surface area contributed by atoms with Crippen LogP contribution in [0.5, 0.6) is 0 Å². The number of aliphatic hydroxyl groups is 1. The summed E-state index contributed by atoms with van der Waals surface area (Å²) in [4.78, 5) is 0. The van der Waals surface area contributed by atoms with Crippen molar-refractivity contribution in [3.05, 3.63) is 12.2 Å². The van der Waals surface area contributed by atoms with Gasteiger partial charge < -0.3 is 5.11 Å². The number of rotatable bonds is 8. The maximum atomic E-state index is 9.59. The third-order valence-electron chi connectivity index (χ3n) is 2.30. The first kappa shape index (κ1) is 13.7. The van der Waals surface area contributed by atoms with Crippen LogP contribution in [0.2, 0.25) is 0 Å². The Hall–Kier alpha value is -0.300. The molecule has 0 aliphatic rings. The molecule has 1 heteroatoms. The predicted molar refractivity (Wildman–Crippen MR) is 63.4 cm³/mol. The minimum Gasteiger partial charge on any atom is -0.393 e. The summed E-state index contributed by atoms with van der Waals surface area (Å²) in [6.07, 6.45) is 11.0. The van der Waals surface area contributed by atoms with E-state index in [1.165, 1.54) is 19.3 Å². The second-order valence-electron chi connectivity index (χ2n) is 4.47. The number of aliphatic hydroxyl groups excluding tert-OH is 1. The lowest BCUT2D eigenvalue weighted by atomic mass is 10.0. The molecule has 0 aromatic heterocycles. The Balaban J connectivity index is 3.30. The molecule has 0 rings (SSSR count). The van der Waals surface area contributed by atoms with Crippen LogP contribution >= 0.6 is 0 Å². The van der Waals surface area contributed by atoms with Crippen LogP contribution in [0, 0.1) is 5.92 Å². The molecule has 0 aromatic rings. The molecule has 0 radical (unpaired) electrons. The summed E-state index contributed by atoms with van der Waals surface area (Å²) in [5.41, 5.74) is 0. The zero-order valence-corrected chi connectivity index (χ0v) is 10.00. The van der Waals surface area contributed by atoms with Gasteiger partial charge in [0.1, 0.15) is 0 Å². The van der Waals surface area contributed by atoms with Gasteiger partial charge in [-0.3, -0.25) is 0 Å². The van der Waals surface area contributed by atoms with Gasteiger partial charge in [-0.1, -0.05) is 45.8 Å². The van der Waals surface area contributed by atoms with Crippen molar-refractivity contribution in [3.8, 4) is 0 Å². The summed E-state index contributed by atoms with van der Waals surface area (Å²) in [5, 5.41) is 9.59. The molecule has 1 nitrogen and oxygen atoms in total. The van der Waals surface area contributed by atoms with E-state index in [0.717, 1.165) is 19.3 Å². The number of hydrogen-bond acceptors (Lipinski definition) is 1. The van der Waals surface area contributed by atoms with E-state index in [2.05, 4.69) is 32.9 Å². The fourth-order valence-electron chi connectivity index (χ4n) is 1.51. The highest BCUT2D eigenvalue weighted by Gasteiger charge is 2.04. The third kappa shape index (κ3) is 9.79. The minimum absolute atomic E-state index is 0.106. The number of allylic oxidation sites excluding steroid dienone is 2. The Labute approximate surface area is 89.2 Å². The number of hydrogen-bond donors (Lipinski definition) is 1. The van der Waals surface area contributed by atoms with Gasteiger partial charge in [-0.15, -0.1) is 0 Å². The van der Waals surface area contributed by atoms with Crippen LogP contribution in [0.1, 0.15) is 59.3 Å². The normalized spacial score (nSPS) is 14.1. The van der Waals surface area contributed by atoms with Gasteiger partial charge in [0.05, 0.1) is 6.10 Å². The van der Waals surface area contributed by atoms with Crippen molar-refractivity contribution in [1.29, 1.82) is 0 Å². The standard InChI is InChI=1S/C13H26O/c1-4-5-6-7-8-9-10-13(14)11-12(2)3/h7-8,12-14H,4-6,9-11H2,1-3H3/b8-7+. The molecule has 0 spiro atoms. The second kappa shape index (κ2) is 9.26. The lowest BCUT2D eigenvalue weighted by Crippen LogP contribution is -2.09. The zero-order valence-electron chi connectivity index (χ0n) is 10.00. The van der Waals surface area contributed by atoms with Gasteiger partial charge in [0.15, 0.2) is 0 Å². The van der Waals surface area contributed by atoms with E-state index in [-0.39, 0.29) is 6.10 Å². The van der Waals surface area contributed by atoms with E-state index < -0.39 is 0 Å². The first-order valence-corrected chi connectivity index (χ1v) is 5.99. The molecule has 0 aliphatic carbocycles. The van der Waals surface area contributed by atoms with Crippen molar-refractivity contribution >= 4 is 0 Å². The van der Waals surface area contributed by atoms with Gasteiger partial charge in [0, 0.05) is 0 Å². The van der Waals surface area contributed by atoms with Crippen LogP contribution in [0.15, 0.2) is 12.2 Å². The molecule has 0 aliphatic heterocycles. The van der Waals surface area contributed by atoms with Gasteiger partial charge in [-0.2, -0.15) is 0 Å². The van der Waals surface area contributed by atoms with E-state index >= 15 is 0 Å². The second-order valence-corrected chi connectivity index (χ2v) is 4.47. The first-order valence-electron chi connectivity index (χ1n) is 5.99. The average Bonchev–Trinajstić information content (AvgIpc) is 2.10. The Morgan fingerprint density at radius 2 is 1.79 bits per heavy atom. The summed E-state index contributed by atoms with van der Waals surface area (Å²) >= 11 is 0. The van der Waals surface area contributed by atoms with E-state index in [4.69, 9.17) is 0 Å². The SMILES string of the molecule is CCCC/C=C/CCC(O)CC(C)C. The maximum Gasteiger partial charge on any atom is 0.0545 e. The van der Waals surface area contributed by atoms with Crippen LogP contribution in [-0.2, 0) is 0 Å². The molecule has 0 amide bonds. The van der Waals surface area contributed by atoms with Crippen molar-refractivity contribution < 1.29 is 5.11 Å². The topological polar surface area (TPSA) is 20.2 Å². The lowest BCUT2D eigenvalue weighted by molar-refractivity contribution is 0.140. The predicted octanol–water partition coefficient (Wildman–Crippen LogP) is 3.92. The molecular formula is C13H26O. The van der Waals surface area contributed by atoms with Crippen LogP contribution in [-0.4, -0.2) is 11.2 Å². The Kier molecular flexibility index (Phi) is 9.06. The molecule has 0 saturated carbocycles. The minimum atomic E-state index is -0.106. The highest BCUT2D eigenvalue weighted by Crippen LogP contribution is 2.10. The van der Waals surface area contributed by atoms with Gasteiger partial charge in [-0.25, -0.2) is 0 Å². The lowest BCUT2D eigenvalue weighted by Gasteiger charge is -2.11. The summed E-state index contributed by atoms with van der Waals surface area (Å²) < 4.78 is 0. The van der Waals surface area contributed by atoms with Crippen LogP contribution in [0.4, 0.5) is 0 Å². The molecule has 0 saturated heterocycles. The molecule has 84 valence electrons. The monoisotopic (exact) mass is 198 g/mol. The Morgan fingerprint density at radius 1 is 1.14 bits per heavy atom. The number of unbranched alkanes of at least 4 members (excludes halogenated alkanes) is 2. The van der Waals surface area contributed by atoms with Gasteiger partial charge in [0.25, 0.3) is 0 Å². The summed E-state index contributed by atoms with van der Waals surface area (Å²) in [6.45, 7) is 6.51. The highest BCUT2D eigenvalue weighted by molar-refractivity contribution is 4.82. The molecule has 0 heterocycles. The Bertz CT molecular complexity index is 138. The first-order chi connectivity index (χ1) is 6.66. The smallest absolute Gasteiger partial charge is 0.0545 e. The van der Waals surface area contributed by atoms with Gasteiger partial charge in [0.2, 0.25) is 0 Å². The van der Waals surface area contributed by atoms with Crippen LogP contribution in [0.3, 0.4) is 0 Å². The van der Waals surface area contributed by atoms with Crippen LogP contribution in [0.25, 0.3) is 0 Å². The molecular weight excluding hydrogens is 172 g/mol. The largest absolute Gasteiger partial charge is 0.393 e. The fourth-order valence-corrected chi connectivity index (χ4v) is 1.51. The molecule has 0 bridgehead atoms. The molecule has 1 unspecified atom stereocenters. The van der Waals surface area contributed by atoms with E-state index in [0.29, 0.717) is 5.92 Å². The van der Waals surface area contributed by atoms with Crippen molar-refractivity contribution in [1.82, 2.24) is 0 Å². The van der Waals surface area contributed by atoms with Crippen molar-refractivity contribution in [2.45, 2.75) is 65.4 Å². The molecule has 1 atom stereocenters. The quantitative estimate of drug-likeness (QED) is 0.463. The van der Waals surface area contributed by atoms with E-state index in [9.17, 15) is 5.11 Å². The van der Waals surface area contributed by atoms with Crippen LogP contribution < -0.4 is 0 Å². The van der Waals surface area contributed by atoms with Crippen molar-refractivity contribution in [2.75, 3.05) is 0 Å². The average molecular weight is 198 g/mol. The molecule has 0 aromatic carbocycles. The van der Waals surface area contributed by atoms with Crippen molar-refractivity contribution in [3.63, 3.8) is 0 Å². The summed E-state index contributed by atoms with van der Waals surface area (Å²) in [7, 11) is 0. The summed E-state index contributed by atoms with van der Waals surface area (Å²) in [5.74, 6) is 0.606. The Morgan fingerprint density at radius 3 is 2.36 bits per heavy atom. The zero-order chi connectivity index (χ0) is 10.8. The van der Waals surface area contributed by atoms with E-state index in [1.54, 1.807) is 0 Å². The molecule has 1 N–H and O–H groups in total. The maximum absolute atomic E-state index is 9.59. The van der Waals surface area contributed by atoms with E-state index in [1.807, 2.05) is 0 Å². The van der Waals surface area contributed by atoms with Gasteiger partial charge >= 0.3 is 0 Å². The fraction of sp³-hybridized carbons (Fsp3) is 0.846. The highest BCUT2D eigenvalue weighted by atomic mass is 16.3. The van der Waals surface area contributed by atoms with Crippen molar-refractivity contribution in [2.24, 2.45) is 5.92 Å². The summed E-state index contributed by atoms with van der Waals surface area (Å²) in [6, 6.07) is 0. The third-order valence-corrected chi connectivity index (χ3v) is 2.30. The molecule has 14 heavy (non-hydrogen) atoms. The van der Waals surface area contributed by atoms with Gasteiger partial charge in [-0.05, 0) is 31.6 Å². The molecule has 0 fully saturated rings.